The maximum absolute atomic E-state index is 14.9. The molecule has 2 aliphatic heterocycles. The van der Waals surface area contributed by atoms with Gasteiger partial charge in [0.1, 0.15) is 12.3 Å². The Morgan fingerprint density at radius 2 is 1.81 bits per heavy atom. The van der Waals surface area contributed by atoms with Crippen molar-refractivity contribution in [2.45, 2.75) is 122 Å². The summed E-state index contributed by atoms with van der Waals surface area (Å²) in [5.74, 6) is 0.338. The standard InChI is InChI=1S/C45H55N3O6/c1-22(2)35-38(51)33-32-24(27-20-41(3,4)54-42(5,6)34(27)37(32)50)19-25-26-18-23-12-13-29-43(7,16-15-31-46-28(21-53-31)40(52)47(10)11)30(49)14-17-44(29,8)45(23,9)39(26)48(35)36(25)33/h15-16,19-21,23,29-30,34-35,37,49-50H,1,12-14,17-18H2,2-11H3/b16-15+/t23?,29-,30-,34?,35-,37+,43-,44-,45+/m0/s1. The lowest BCUT2D eigenvalue weighted by molar-refractivity contribution is -0.144. The quantitative estimate of drug-likeness (QED) is 0.261. The zero-order valence-corrected chi connectivity index (χ0v) is 33.5. The second-order valence-corrected chi connectivity index (χ2v) is 19.4. The Hall–Kier alpha value is -3.79. The maximum atomic E-state index is 14.9. The minimum atomic E-state index is -0.865. The van der Waals surface area contributed by atoms with Crippen molar-refractivity contribution in [2.75, 3.05) is 14.1 Å². The molecule has 9 rings (SSSR count). The number of allylic oxidation sites excluding steroid dienone is 1. The summed E-state index contributed by atoms with van der Waals surface area (Å²) < 4.78 is 14.6. The van der Waals surface area contributed by atoms with E-state index in [0.29, 0.717) is 23.8 Å². The molecule has 2 aromatic heterocycles. The number of carbonyl (C=O) groups excluding carboxylic acids is 2. The number of benzene rings is 1. The van der Waals surface area contributed by atoms with Crippen LogP contribution in [0.4, 0.5) is 0 Å². The van der Waals surface area contributed by atoms with Crippen LogP contribution in [-0.4, -0.2) is 67.8 Å². The maximum Gasteiger partial charge on any atom is 0.275 e. The molecule has 286 valence electrons. The van der Waals surface area contributed by atoms with Crippen molar-refractivity contribution in [3.8, 4) is 0 Å². The summed E-state index contributed by atoms with van der Waals surface area (Å²) in [5, 5.41) is 25.2. The molecule has 2 unspecified atom stereocenters. The molecule has 9 nitrogen and oxygen atoms in total. The number of carbonyl (C=O) groups is 2. The third-order valence-electron chi connectivity index (χ3n) is 15.3. The normalized spacial score (nSPS) is 36.8. The molecule has 2 fully saturated rings. The highest BCUT2D eigenvalue weighted by atomic mass is 16.5. The second-order valence-electron chi connectivity index (χ2n) is 19.4. The SMILES string of the molecule is C=C(C)[C@H]1C(=O)c2c3c(cc4c5c(n1c24)[C@@]1(C)C(CC[C@H]2[C@](C)(/C=C/c4nc(C(=O)N(C)C)co4)[C@@H](O)CC[C@@]21C)C5)C1=CC(C)(C)OC(C)(C)C1[C@@H]3O. The number of aliphatic hydroxyl groups is 2. The van der Waals surface area contributed by atoms with E-state index in [0.717, 1.165) is 58.9 Å². The van der Waals surface area contributed by atoms with Gasteiger partial charge in [-0.25, -0.2) is 4.98 Å². The van der Waals surface area contributed by atoms with Gasteiger partial charge >= 0.3 is 0 Å². The van der Waals surface area contributed by atoms with Gasteiger partial charge in [0.15, 0.2) is 11.5 Å². The first-order valence-electron chi connectivity index (χ1n) is 19.8. The van der Waals surface area contributed by atoms with E-state index in [4.69, 9.17) is 9.15 Å². The van der Waals surface area contributed by atoms with Gasteiger partial charge in [-0.15, -0.1) is 0 Å². The van der Waals surface area contributed by atoms with Crippen LogP contribution in [0.1, 0.15) is 142 Å². The second kappa shape index (κ2) is 10.9. The van der Waals surface area contributed by atoms with Crippen molar-refractivity contribution in [1.82, 2.24) is 14.5 Å². The van der Waals surface area contributed by atoms with Gasteiger partial charge in [-0.2, -0.15) is 0 Å². The Morgan fingerprint density at radius 3 is 2.50 bits per heavy atom. The van der Waals surface area contributed by atoms with Crippen LogP contribution in [0.25, 0.3) is 22.6 Å². The molecule has 4 aliphatic carbocycles. The predicted octanol–water partition coefficient (Wildman–Crippen LogP) is 8.00. The van der Waals surface area contributed by atoms with Crippen molar-refractivity contribution >= 4 is 34.2 Å². The number of ether oxygens (including phenoxy) is 1. The Bertz CT molecular complexity index is 2270. The van der Waals surface area contributed by atoms with Crippen molar-refractivity contribution in [3.63, 3.8) is 0 Å². The molecule has 9 heteroatoms. The molecule has 2 saturated carbocycles. The van der Waals surface area contributed by atoms with E-state index in [1.165, 1.54) is 22.4 Å². The summed E-state index contributed by atoms with van der Waals surface area (Å²) in [4.78, 5) is 33.4. The topological polar surface area (TPSA) is 118 Å². The summed E-state index contributed by atoms with van der Waals surface area (Å²) in [6, 6.07) is 1.75. The first kappa shape index (κ1) is 35.9. The average molecular weight is 734 g/mol. The molecule has 0 bridgehead atoms. The summed E-state index contributed by atoms with van der Waals surface area (Å²) in [6.45, 7) is 21.7. The van der Waals surface area contributed by atoms with Crippen LogP contribution in [-0.2, 0) is 16.6 Å². The smallest absolute Gasteiger partial charge is 0.275 e. The highest BCUT2D eigenvalue weighted by Gasteiger charge is 2.68. The van der Waals surface area contributed by atoms with E-state index in [-0.39, 0.29) is 40.1 Å². The molecule has 0 spiro atoms. The Kier molecular flexibility index (Phi) is 7.28. The Morgan fingerprint density at radius 1 is 1.09 bits per heavy atom. The molecule has 54 heavy (non-hydrogen) atoms. The van der Waals surface area contributed by atoms with Gasteiger partial charge in [-0.1, -0.05) is 39.0 Å². The van der Waals surface area contributed by atoms with Crippen molar-refractivity contribution in [2.24, 2.45) is 28.6 Å². The summed E-state index contributed by atoms with van der Waals surface area (Å²) in [5.41, 5.74) is 5.74. The van der Waals surface area contributed by atoms with E-state index in [1.807, 2.05) is 13.0 Å². The highest BCUT2D eigenvalue weighted by Crippen LogP contribution is 2.71. The van der Waals surface area contributed by atoms with Gasteiger partial charge in [0, 0.05) is 47.5 Å². The van der Waals surface area contributed by atoms with Crippen LogP contribution in [0.5, 0.6) is 0 Å². The van der Waals surface area contributed by atoms with Crippen molar-refractivity contribution in [1.29, 1.82) is 0 Å². The van der Waals surface area contributed by atoms with E-state index in [9.17, 15) is 19.8 Å². The number of hydrogen-bond acceptors (Lipinski definition) is 7. The zero-order valence-electron chi connectivity index (χ0n) is 33.5. The fraction of sp³-hybridized carbons (Fsp3) is 0.578. The third kappa shape index (κ3) is 4.29. The largest absolute Gasteiger partial charge is 0.444 e. The molecule has 9 atom stereocenters. The number of aromatic nitrogens is 2. The number of oxazole rings is 1. The molecular formula is C45H55N3O6. The monoisotopic (exact) mass is 733 g/mol. The molecule has 4 heterocycles. The fourth-order valence-corrected chi connectivity index (χ4v) is 13.0. The number of ketones is 1. The van der Waals surface area contributed by atoms with Crippen LogP contribution < -0.4 is 0 Å². The molecule has 2 N–H and O–H groups in total. The van der Waals surface area contributed by atoms with Crippen LogP contribution in [0.3, 0.4) is 0 Å². The van der Waals surface area contributed by atoms with Gasteiger partial charge in [0.25, 0.3) is 5.91 Å². The van der Waals surface area contributed by atoms with Crippen molar-refractivity contribution in [3.05, 3.63) is 76.2 Å². The first-order valence-corrected chi connectivity index (χ1v) is 19.8. The molecule has 1 aromatic carbocycles. The first-order chi connectivity index (χ1) is 25.2. The minimum absolute atomic E-state index is 0.0212. The lowest BCUT2D eigenvalue weighted by Gasteiger charge is -2.64. The number of amides is 1. The lowest BCUT2D eigenvalue weighted by Crippen LogP contribution is -2.62. The van der Waals surface area contributed by atoms with Gasteiger partial charge in [0.05, 0.1) is 34.5 Å². The summed E-state index contributed by atoms with van der Waals surface area (Å²) >= 11 is 0. The minimum Gasteiger partial charge on any atom is -0.444 e. The molecule has 1 amide bonds. The van der Waals surface area contributed by atoms with Gasteiger partial charge in [-0.3, -0.25) is 9.59 Å². The summed E-state index contributed by atoms with van der Waals surface area (Å²) in [7, 11) is 3.37. The third-order valence-corrected chi connectivity index (χ3v) is 15.3. The van der Waals surface area contributed by atoms with Crippen LogP contribution in [0.15, 0.2) is 41.1 Å². The molecule has 3 aromatic rings. The number of rotatable bonds is 4. The van der Waals surface area contributed by atoms with Crippen LogP contribution in [0, 0.1) is 28.6 Å². The fourth-order valence-electron chi connectivity index (χ4n) is 13.0. The lowest BCUT2D eigenvalue weighted by atomic mass is 9.40. The van der Waals surface area contributed by atoms with Gasteiger partial charge < -0.3 is 28.8 Å². The van der Waals surface area contributed by atoms with Gasteiger partial charge in [0.2, 0.25) is 5.89 Å². The Balaban J connectivity index is 1.22. The molecule has 0 saturated heterocycles. The van der Waals surface area contributed by atoms with E-state index >= 15 is 0 Å². The zero-order chi connectivity index (χ0) is 38.8. The van der Waals surface area contributed by atoms with E-state index in [2.05, 4.69) is 82.8 Å². The number of nitrogens with zero attached hydrogens (tertiary/aromatic N) is 3. The van der Waals surface area contributed by atoms with E-state index in [1.54, 1.807) is 14.1 Å². The van der Waals surface area contributed by atoms with Crippen LogP contribution >= 0.6 is 0 Å². The number of Topliss-reactive ketones (excluding diaryl/α,β-unsaturated/α-hetero) is 1. The van der Waals surface area contributed by atoms with Gasteiger partial charge in [-0.05, 0) is 119 Å². The average Bonchev–Trinajstić information content (AvgIpc) is 3.86. The van der Waals surface area contributed by atoms with Crippen LogP contribution in [0.2, 0.25) is 0 Å². The molecule has 6 aliphatic rings. The van der Waals surface area contributed by atoms with E-state index < -0.39 is 34.9 Å². The number of fused-ring (bicyclic) bond motifs is 11. The molecular weight excluding hydrogens is 679 g/mol. The molecule has 0 radical (unpaired) electrons. The predicted molar refractivity (Wildman–Crippen MR) is 208 cm³/mol. The highest BCUT2D eigenvalue weighted by molar-refractivity contribution is 6.18. The number of hydrogen-bond donors (Lipinski definition) is 2. The van der Waals surface area contributed by atoms with Crippen molar-refractivity contribution < 1.29 is 29.0 Å². The Labute approximate surface area is 318 Å². The summed E-state index contributed by atoms with van der Waals surface area (Å²) in [6.07, 6.45) is 10.4. The number of aliphatic hydroxyl groups excluding tert-OH is 2.